The van der Waals surface area contributed by atoms with E-state index in [1.165, 1.54) is 0 Å². The van der Waals surface area contributed by atoms with Crippen molar-refractivity contribution in [1.82, 2.24) is 5.32 Å². The summed E-state index contributed by atoms with van der Waals surface area (Å²) < 4.78 is 4.95. The Morgan fingerprint density at radius 3 is 2.53 bits per heavy atom. The molecule has 0 aliphatic rings. The SMILES string of the molecule is CC(C)(C)OC(=O)NC(CN=[N+]=[N-])CC(=O)O. The van der Waals surface area contributed by atoms with Crippen LogP contribution in [0.3, 0.4) is 0 Å². The molecule has 0 radical (unpaired) electrons. The van der Waals surface area contributed by atoms with Crippen molar-refractivity contribution in [2.75, 3.05) is 6.54 Å². The van der Waals surface area contributed by atoms with Crippen molar-refractivity contribution >= 4 is 12.1 Å². The Kier molecular flexibility index (Phi) is 5.84. The zero-order chi connectivity index (χ0) is 13.5. The molecule has 1 unspecified atom stereocenters. The van der Waals surface area contributed by atoms with Crippen LogP contribution in [0.4, 0.5) is 4.79 Å². The molecule has 1 amide bonds. The first-order valence-electron chi connectivity index (χ1n) is 4.97. The third-order valence-corrected chi connectivity index (χ3v) is 1.51. The summed E-state index contributed by atoms with van der Waals surface area (Å²) >= 11 is 0. The predicted octanol–water partition coefficient (Wildman–Crippen LogP) is 1.66. The van der Waals surface area contributed by atoms with Crippen molar-refractivity contribution in [2.45, 2.75) is 38.8 Å². The van der Waals surface area contributed by atoms with E-state index in [1.54, 1.807) is 20.8 Å². The first-order valence-corrected chi connectivity index (χ1v) is 4.97. The summed E-state index contributed by atoms with van der Waals surface area (Å²) in [5.41, 5.74) is 7.47. The molecular formula is C9H16N4O4. The maximum atomic E-state index is 11.4. The van der Waals surface area contributed by atoms with E-state index in [-0.39, 0.29) is 13.0 Å². The van der Waals surface area contributed by atoms with E-state index < -0.39 is 23.7 Å². The lowest BCUT2D eigenvalue weighted by Crippen LogP contribution is -2.41. The van der Waals surface area contributed by atoms with Gasteiger partial charge in [-0.25, -0.2) is 4.79 Å². The van der Waals surface area contributed by atoms with Crippen LogP contribution in [0.5, 0.6) is 0 Å². The number of carbonyl (C=O) groups is 2. The summed E-state index contributed by atoms with van der Waals surface area (Å²) in [6.45, 7) is 4.92. The Labute approximate surface area is 98.6 Å². The number of carboxylic acid groups (broad SMARTS) is 1. The van der Waals surface area contributed by atoms with E-state index in [9.17, 15) is 9.59 Å². The third-order valence-electron chi connectivity index (χ3n) is 1.51. The Hall–Kier alpha value is -1.95. The summed E-state index contributed by atoms with van der Waals surface area (Å²) in [6.07, 6.45) is -1.07. The number of hydrogen-bond donors (Lipinski definition) is 2. The molecule has 0 spiro atoms. The minimum Gasteiger partial charge on any atom is -0.481 e. The van der Waals surface area contributed by atoms with E-state index in [4.69, 9.17) is 15.4 Å². The quantitative estimate of drug-likeness (QED) is 0.433. The van der Waals surface area contributed by atoms with Crippen LogP contribution in [0.25, 0.3) is 10.4 Å². The fourth-order valence-electron chi connectivity index (χ4n) is 0.981. The molecule has 0 aliphatic carbocycles. The van der Waals surface area contributed by atoms with Crippen LogP contribution in [-0.2, 0) is 9.53 Å². The Bertz CT molecular complexity index is 326. The number of nitrogens with zero attached hydrogens (tertiary/aromatic N) is 3. The minimum atomic E-state index is -1.10. The van der Waals surface area contributed by atoms with Crippen LogP contribution in [0.1, 0.15) is 27.2 Å². The third kappa shape index (κ3) is 9.01. The van der Waals surface area contributed by atoms with Crippen molar-refractivity contribution < 1.29 is 19.4 Å². The van der Waals surface area contributed by atoms with Gasteiger partial charge in [0, 0.05) is 17.5 Å². The fraction of sp³-hybridized carbons (Fsp3) is 0.778. The van der Waals surface area contributed by atoms with Crippen LogP contribution >= 0.6 is 0 Å². The summed E-state index contributed by atoms with van der Waals surface area (Å²) in [6, 6.07) is -0.779. The molecule has 0 aromatic carbocycles. The van der Waals surface area contributed by atoms with E-state index >= 15 is 0 Å². The monoisotopic (exact) mass is 244 g/mol. The van der Waals surface area contributed by atoms with E-state index in [0.717, 1.165) is 0 Å². The molecule has 2 N–H and O–H groups in total. The highest BCUT2D eigenvalue weighted by Crippen LogP contribution is 2.07. The molecule has 0 fully saturated rings. The van der Waals surface area contributed by atoms with Gasteiger partial charge in [0.15, 0.2) is 0 Å². The molecule has 0 heterocycles. The van der Waals surface area contributed by atoms with Crippen LogP contribution in [0, 0.1) is 0 Å². The maximum Gasteiger partial charge on any atom is 0.407 e. The van der Waals surface area contributed by atoms with Crippen molar-refractivity contribution in [2.24, 2.45) is 5.11 Å². The van der Waals surface area contributed by atoms with Gasteiger partial charge in [-0.05, 0) is 26.3 Å². The van der Waals surface area contributed by atoms with Crippen LogP contribution in [-0.4, -0.2) is 35.4 Å². The summed E-state index contributed by atoms with van der Waals surface area (Å²) in [7, 11) is 0. The first-order chi connectivity index (χ1) is 7.74. The zero-order valence-corrected chi connectivity index (χ0v) is 10.0. The average Bonchev–Trinajstić information content (AvgIpc) is 2.09. The smallest absolute Gasteiger partial charge is 0.407 e. The van der Waals surface area contributed by atoms with E-state index in [0.29, 0.717) is 0 Å². The normalized spacial score (nSPS) is 12.2. The fourth-order valence-corrected chi connectivity index (χ4v) is 0.981. The molecular weight excluding hydrogens is 228 g/mol. The number of azide groups is 1. The largest absolute Gasteiger partial charge is 0.481 e. The van der Waals surface area contributed by atoms with Gasteiger partial charge in [0.2, 0.25) is 0 Å². The summed E-state index contributed by atoms with van der Waals surface area (Å²) in [4.78, 5) is 24.4. The maximum absolute atomic E-state index is 11.4. The number of rotatable bonds is 5. The molecule has 0 saturated carbocycles. The molecule has 1 atom stereocenters. The lowest BCUT2D eigenvalue weighted by molar-refractivity contribution is -0.137. The number of alkyl carbamates (subject to hydrolysis) is 1. The van der Waals surface area contributed by atoms with Crippen LogP contribution in [0.15, 0.2) is 5.11 Å². The molecule has 17 heavy (non-hydrogen) atoms. The second-order valence-electron chi connectivity index (χ2n) is 4.35. The molecule has 8 nitrogen and oxygen atoms in total. The zero-order valence-electron chi connectivity index (χ0n) is 10.0. The second-order valence-corrected chi connectivity index (χ2v) is 4.35. The van der Waals surface area contributed by atoms with Crippen LogP contribution in [0.2, 0.25) is 0 Å². The highest BCUT2D eigenvalue weighted by Gasteiger charge is 2.20. The minimum absolute atomic E-state index is 0.137. The van der Waals surface area contributed by atoms with Crippen LogP contribution < -0.4 is 5.32 Å². The number of carboxylic acids is 1. The summed E-state index contributed by atoms with van der Waals surface area (Å²) in [5, 5.41) is 14.2. The van der Waals surface area contributed by atoms with Gasteiger partial charge in [-0.1, -0.05) is 5.11 Å². The van der Waals surface area contributed by atoms with E-state index in [1.807, 2.05) is 0 Å². The number of carbonyl (C=O) groups excluding carboxylic acids is 1. The van der Waals surface area contributed by atoms with Gasteiger partial charge in [0.05, 0.1) is 6.42 Å². The van der Waals surface area contributed by atoms with Gasteiger partial charge in [-0.3, -0.25) is 4.79 Å². The van der Waals surface area contributed by atoms with Gasteiger partial charge in [-0.15, -0.1) is 0 Å². The highest BCUT2D eigenvalue weighted by atomic mass is 16.6. The highest BCUT2D eigenvalue weighted by molar-refractivity contribution is 5.71. The molecule has 0 rings (SSSR count). The number of amides is 1. The van der Waals surface area contributed by atoms with Crippen molar-refractivity contribution in [3.8, 4) is 0 Å². The molecule has 0 aliphatic heterocycles. The lowest BCUT2D eigenvalue weighted by atomic mass is 10.2. The standard InChI is InChI=1S/C9H16N4O4/c1-9(2,3)17-8(16)12-6(4-7(14)15)5-11-13-10/h6H,4-5H2,1-3H3,(H,12,16)(H,14,15). The van der Waals surface area contributed by atoms with Gasteiger partial charge >= 0.3 is 12.1 Å². The Morgan fingerprint density at radius 2 is 2.12 bits per heavy atom. The lowest BCUT2D eigenvalue weighted by Gasteiger charge is -2.22. The first kappa shape index (κ1) is 15.0. The summed E-state index contributed by atoms with van der Waals surface area (Å²) in [5.74, 6) is -1.10. The Balaban J connectivity index is 4.36. The van der Waals surface area contributed by atoms with Crippen molar-refractivity contribution in [3.63, 3.8) is 0 Å². The molecule has 0 aromatic heterocycles. The molecule has 0 saturated heterocycles. The van der Waals surface area contributed by atoms with Crippen molar-refractivity contribution in [3.05, 3.63) is 10.4 Å². The molecule has 8 heteroatoms. The number of aliphatic carboxylic acids is 1. The topological polar surface area (TPSA) is 124 Å². The molecule has 0 bridgehead atoms. The number of nitrogens with one attached hydrogen (secondary N) is 1. The molecule has 0 aromatic rings. The number of ether oxygens (including phenoxy) is 1. The van der Waals surface area contributed by atoms with Gasteiger partial charge in [0.1, 0.15) is 5.60 Å². The predicted molar refractivity (Wildman–Crippen MR) is 59.4 cm³/mol. The average molecular weight is 244 g/mol. The molecule has 96 valence electrons. The Morgan fingerprint density at radius 1 is 1.53 bits per heavy atom. The van der Waals surface area contributed by atoms with Crippen molar-refractivity contribution in [1.29, 1.82) is 0 Å². The van der Waals surface area contributed by atoms with E-state index in [2.05, 4.69) is 15.3 Å². The number of hydrogen-bond acceptors (Lipinski definition) is 4. The van der Waals surface area contributed by atoms with Gasteiger partial charge in [-0.2, -0.15) is 0 Å². The van der Waals surface area contributed by atoms with Gasteiger partial charge in [0.25, 0.3) is 0 Å². The van der Waals surface area contributed by atoms with Gasteiger partial charge < -0.3 is 15.2 Å². The second kappa shape index (κ2) is 6.59.